The van der Waals surface area contributed by atoms with Gasteiger partial charge in [-0.25, -0.2) is 4.79 Å². The van der Waals surface area contributed by atoms with E-state index in [1.807, 2.05) is 0 Å². The number of carbonyl (C=O) groups is 1. The number of hydrogen-bond donors (Lipinski definition) is 1. The fourth-order valence-corrected chi connectivity index (χ4v) is 1.82. The highest BCUT2D eigenvalue weighted by Gasteiger charge is 2.45. The van der Waals surface area contributed by atoms with Crippen LogP contribution in [0.3, 0.4) is 0 Å². The molecule has 5 nitrogen and oxygen atoms in total. The molecule has 98 valence electrons. The lowest BCUT2D eigenvalue weighted by Crippen LogP contribution is -2.26. The summed E-state index contributed by atoms with van der Waals surface area (Å²) in [6, 6.07) is 3.99. The number of alkyl halides is 2. The monoisotopic (exact) mass is 279 g/mol. The van der Waals surface area contributed by atoms with Crippen LogP contribution in [0.5, 0.6) is 11.5 Å². The minimum Gasteiger partial charge on any atom is -0.447 e. The summed E-state index contributed by atoms with van der Waals surface area (Å²) in [6.07, 6.45) is -4.25. The molecule has 0 aliphatic carbocycles. The Hall–Kier alpha value is -1.76. The third-order valence-corrected chi connectivity index (χ3v) is 2.51. The molecule has 18 heavy (non-hydrogen) atoms. The van der Waals surface area contributed by atoms with Crippen LogP contribution in [0.25, 0.3) is 0 Å². The minimum absolute atomic E-state index is 0. The normalized spacial score (nSPS) is 23.0. The van der Waals surface area contributed by atoms with E-state index in [0.29, 0.717) is 5.56 Å². The van der Waals surface area contributed by atoms with Crippen LogP contribution in [0.2, 0.25) is 0 Å². The number of alkyl carbamates (subject to hydrolysis) is 1. The highest BCUT2D eigenvalue weighted by molar-refractivity contribution is 5.85. The second kappa shape index (κ2) is 4.16. The minimum atomic E-state index is -3.66. The van der Waals surface area contributed by atoms with Gasteiger partial charge >= 0.3 is 12.4 Å². The Balaban J connectivity index is 0.00000120. The Kier molecular flexibility index (Phi) is 2.94. The van der Waals surface area contributed by atoms with E-state index in [2.05, 4.69) is 14.8 Å². The molecule has 0 bridgehead atoms. The molecule has 0 spiro atoms. The van der Waals surface area contributed by atoms with Crippen molar-refractivity contribution in [2.75, 3.05) is 6.61 Å². The van der Waals surface area contributed by atoms with Crippen molar-refractivity contribution in [1.82, 2.24) is 5.32 Å². The van der Waals surface area contributed by atoms with Gasteiger partial charge in [0, 0.05) is 5.56 Å². The number of nitrogens with one attached hydrogen (secondary N) is 1. The average Bonchev–Trinajstić information content (AvgIpc) is 2.78. The second-order valence-electron chi connectivity index (χ2n) is 3.64. The van der Waals surface area contributed by atoms with Gasteiger partial charge in [0.25, 0.3) is 0 Å². The number of para-hydroxylation sites is 1. The number of hydrogen-bond acceptors (Lipinski definition) is 4. The SMILES string of the molecule is Cl.O=C1N[C@@H](c2cccc3c2OC(F)(F)O3)CO1. The van der Waals surface area contributed by atoms with Crippen LogP contribution in [0.4, 0.5) is 13.6 Å². The van der Waals surface area contributed by atoms with Crippen LogP contribution in [0, 0.1) is 0 Å². The van der Waals surface area contributed by atoms with E-state index < -0.39 is 18.4 Å². The van der Waals surface area contributed by atoms with Crippen LogP contribution >= 0.6 is 12.4 Å². The smallest absolute Gasteiger partial charge is 0.447 e. The van der Waals surface area contributed by atoms with Crippen molar-refractivity contribution in [3.63, 3.8) is 0 Å². The van der Waals surface area contributed by atoms with Crippen LogP contribution < -0.4 is 14.8 Å². The maximum absolute atomic E-state index is 12.9. The molecule has 1 N–H and O–H groups in total. The van der Waals surface area contributed by atoms with E-state index in [1.165, 1.54) is 6.07 Å². The molecule has 1 saturated heterocycles. The number of fused-ring (bicyclic) bond motifs is 1. The maximum Gasteiger partial charge on any atom is 0.586 e. The first-order valence-electron chi connectivity index (χ1n) is 4.87. The van der Waals surface area contributed by atoms with E-state index >= 15 is 0 Å². The summed E-state index contributed by atoms with van der Waals surface area (Å²) in [4.78, 5) is 10.9. The Morgan fingerprint density at radius 1 is 1.33 bits per heavy atom. The molecule has 3 rings (SSSR count). The van der Waals surface area contributed by atoms with E-state index in [9.17, 15) is 13.6 Å². The predicted molar refractivity (Wildman–Crippen MR) is 57.1 cm³/mol. The molecule has 0 aromatic heterocycles. The van der Waals surface area contributed by atoms with Gasteiger partial charge in [-0.2, -0.15) is 0 Å². The third kappa shape index (κ3) is 2.01. The first kappa shape index (κ1) is 12.7. The summed E-state index contributed by atoms with van der Waals surface area (Å²) < 4.78 is 39.3. The van der Waals surface area contributed by atoms with Crippen molar-refractivity contribution in [3.05, 3.63) is 23.8 Å². The van der Waals surface area contributed by atoms with Crippen molar-refractivity contribution in [3.8, 4) is 11.5 Å². The summed E-state index contributed by atoms with van der Waals surface area (Å²) in [5, 5.41) is 2.49. The van der Waals surface area contributed by atoms with Crippen molar-refractivity contribution in [1.29, 1.82) is 0 Å². The molecular weight excluding hydrogens is 272 g/mol. The molecule has 0 saturated carbocycles. The number of ether oxygens (including phenoxy) is 3. The van der Waals surface area contributed by atoms with Gasteiger partial charge in [0.15, 0.2) is 11.5 Å². The zero-order valence-electron chi connectivity index (χ0n) is 8.81. The van der Waals surface area contributed by atoms with Crippen molar-refractivity contribution in [2.45, 2.75) is 12.3 Å². The second-order valence-corrected chi connectivity index (χ2v) is 3.64. The van der Waals surface area contributed by atoms with Gasteiger partial charge in [0.2, 0.25) is 0 Å². The largest absolute Gasteiger partial charge is 0.586 e. The van der Waals surface area contributed by atoms with Gasteiger partial charge in [-0.05, 0) is 6.07 Å². The average molecular weight is 280 g/mol. The Morgan fingerprint density at radius 2 is 2.11 bits per heavy atom. The highest BCUT2D eigenvalue weighted by atomic mass is 35.5. The number of carbonyl (C=O) groups excluding carboxylic acids is 1. The van der Waals surface area contributed by atoms with Gasteiger partial charge in [-0.1, -0.05) is 12.1 Å². The lowest BCUT2D eigenvalue weighted by atomic mass is 10.1. The van der Waals surface area contributed by atoms with Crippen LogP contribution in [-0.4, -0.2) is 19.0 Å². The molecule has 1 fully saturated rings. The molecular formula is C10H8ClF2NO4. The van der Waals surface area contributed by atoms with Crippen molar-refractivity contribution in [2.24, 2.45) is 0 Å². The van der Waals surface area contributed by atoms with Gasteiger partial charge in [0.1, 0.15) is 6.61 Å². The molecule has 0 radical (unpaired) electrons. The molecule has 2 heterocycles. The molecule has 1 atom stereocenters. The van der Waals surface area contributed by atoms with Crippen LogP contribution in [0.15, 0.2) is 18.2 Å². The number of amides is 1. The predicted octanol–water partition coefficient (Wildman–Crippen LogP) is 2.21. The summed E-state index contributed by atoms with van der Waals surface area (Å²) in [5.74, 6) is -0.109. The zero-order valence-corrected chi connectivity index (χ0v) is 9.63. The van der Waals surface area contributed by atoms with Crippen LogP contribution in [0.1, 0.15) is 11.6 Å². The molecule has 2 aliphatic rings. The van der Waals surface area contributed by atoms with Gasteiger partial charge in [-0.15, -0.1) is 21.2 Å². The number of rotatable bonds is 1. The topological polar surface area (TPSA) is 56.8 Å². The number of halogens is 3. The summed E-state index contributed by atoms with van der Waals surface area (Å²) >= 11 is 0. The number of benzene rings is 1. The lowest BCUT2D eigenvalue weighted by molar-refractivity contribution is -0.287. The first-order valence-corrected chi connectivity index (χ1v) is 4.87. The maximum atomic E-state index is 12.9. The van der Waals surface area contributed by atoms with E-state index in [-0.39, 0.29) is 30.5 Å². The Labute approximate surface area is 106 Å². The number of cyclic esters (lactones) is 1. The highest BCUT2D eigenvalue weighted by Crippen LogP contribution is 2.45. The van der Waals surface area contributed by atoms with Crippen LogP contribution in [-0.2, 0) is 4.74 Å². The fourth-order valence-electron chi connectivity index (χ4n) is 1.82. The summed E-state index contributed by atoms with van der Waals surface area (Å²) in [6.45, 7) is 0.0736. The van der Waals surface area contributed by atoms with Crippen molar-refractivity contribution >= 4 is 18.5 Å². The Bertz CT molecular complexity index is 497. The summed E-state index contributed by atoms with van der Waals surface area (Å²) in [7, 11) is 0. The molecule has 2 aliphatic heterocycles. The quantitative estimate of drug-likeness (QED) is 0.856. The van der Waals surface area contributed by atoms with E-state index in [1.54, 1.807) is 12.1 Å². The third-order valence-electron chi connectivity index (χ3n) is 2.51. The molecule has 1 aromatic rings. The standard InChI is InChI=1S/C10H7F2NO4.ClH/c11-10(12)16-7-3-1-2-5(8(7)17-10)6-4-15-9(14)13-6;/h1-3,6H,4H2,(H,13,14);1H/t6-;/m1./s1. The Morgan fingerprint density at radius 3 is 2.78 bits per heavy atom. The molecule has 0 unspecified atom stereocenters. The zero-order chi connectivity index (χ0) is 12.0. The van der Waals surface area contributed by atoms with Gasteiger partial charge < -0.3 is 19.5 Å². The molecule has 1 amide bonds. The molecule has 8 heteroatoms. The summed E-state index contributed by atoms with van der Waals surface area (Å²) in [5.41, 5.74) is 0.408. The van der Waals surface area contributed by atoms with E-state index in [0.717, 1.165) is 0 Å². The van der Waals surface area contributed by atoms with Gasteiger partial charge in [-0.3, -0.25) is 0 Å². The fraction of sp³-hybridized carbons (Fsp3) is 0.300. The molecule has 1 aromatic carbocycles. The lowest BCUT2D eigenvalue weighted by Gasteiger charge is -2.10. The van der Waals surface area contributed by atoms with Crippen molar-refractivity contribution < 1.29 is 27.8 Å². The first-order chi connectivity index (χ1) is 8.05. The van der Waals surface area contributed by atoms with E-state index in [4.69, 9.17) is 4.74 Å². The van der Waals surface area contributed by atoms with Gasteiger partial charge in [0.05, 0.1) is 6.04 Å².